The Kier molecular flexibility index (Phi) is 6.81. The van der Waals surface area contributed by atoms with Crippen molar-refractivity contribution in [1.29, 1.82) is 0 Å². The summed E-state index contributed by atoms with van der Waals surface area (Å²) >= 11 is 5.98. The fraction of sp³-hybridized carbons (Fsp3) is 0.300. The lowest BCUT2D eigenvalue weighted by Gasteiger charge is -2.33. The molecule has 27 heavy (non-hydrogen) atoms. The molecule has 1 heterocycles. The molecule has 1 aliphatic heterocycles. The Morgan fingerprint density at radius 1 is 1.07 bits per heavy atom. The van der Waals surface area contributed by atoms with Crippen LogP contribution in [0.3, 0.4) is 0 Å². The second-order valence-corrected chi connectivity index (χ2v) is 6.67. The van der Waals surface area contributed by atoms with E-state index in [1.807, 2.05) is 18.2 Å². The maximum atomic E-state index is 12.0. The normalized spacial score (nSPS) is 17.3. The van der Waals surface area contributed by atoms with Crippen LogP contribution in [0.1, 0.15) is 11.7 Å². The summed E-state index contributed by atoms with van der Waals surface area (Å²) in [5.41, 5.74) is 1.56. The average Bonchev–Trinajstić information content (AvgIpc) is 2.70. The predicted octanol–water partition coefficient (Wildman–Crippen LogP) is 2.47. The summed E-state index contributed by atoms with van der Waals surface area (Å²) < 4.78 is 5.83. The van der Waals surface area contributed by atoms with Gasteiger partial charge in [0.1, 0.15) is 0 Å². The topological polar surface area (TPSA) is 70.7 Å². The molecule has 0 aromatic heterocycles. The van der Waals surface area contributed by atoms with Crippen molar-refractivity contribution in [2.45, 2.75) is 6.10 Å². The summed E-state index contributed by atoms with van der Waals surface area (Å²) in [4.78, 5) is 26.2. The number of morpholine rings is 1. The number of amides is 2. The monoisotopic (exact) mass is 387 g/mol. The van der Waals surface area contributed by atoms with E-state index in [1.165, 1.54) is 0 Å². The molecule has 0 spiro atoms. The van der Waals surface area contributed by atoms with Gasteiger partial charge in [0, 0.05) is 26.2 Å². The van der Waals surface area contributed by atoms with Crippen molar-refractivity contribution in [1.82, 2.24) is 10.2 Å². The zero-order chi connectivity index (χ0) is 19.1. The molecule has 0 radical (unpaired) electrons. The summed E-state index contributed by atoms with van der Waals surface area (Å²) in [5, 5.41) is 5.55. The van der Waals surface area contributed by atoms with E-state index in [4.69, 9.17) is 16.3 Å². The van der Waals surface area contributed by atoms with Gasteiger partial charge < -0.3 is 15.4 Å². The van der Waals surface area contributed by atoms with E-state index in [9.17, 15) is 9.59 Å². The summed E-state index contributed by atoms with van der Waals surface area (Å²) in [6, 6.07) is 16.9. The van der Waals surface area contributed by atoms with E-state index in [1.54, 1.807) is 24.3 Å². The van der Waals surface area contributed by atoms with Gasteiger partial charge in [0.2, 0.25) is 0 Å². The molecule has 0 saturated carbocycles. The van der Waals surface area contributed by atoms with E-state index in [2.05, 4.69) is 27.7 Å². The molecule has 7 heteroatoms. The Balaban J connectivity index is 1.43. The lowest BCUT2D eigenvalue weighted by molar-refractivity contribution is -0.136. The molecule has 0 aliphatic carbocycles. The number of halogens is 1. The Morgan fingerprint density at radius 3 is 2.59 bits per heavy atom. The molecule has 6 nitrogen and oxygen atoms in total. The van der Waals surface area contributed by atoms with Crippen molar-refractivity contribution >= 4 is 29.1 Å². The Hall–Kier alpha value is -2.41. The molecule has 2 aromatic rings. The number of nitrogens with one attached hydrogen (secondary N) is 2. The summed E-state index contributed by atoms with van der Waals surface area (Å²) in [6.45, 7) is 3.23. The second-order valence-electron chi connectivity index (χ2n) is 6.26. The third kappa shape index (κ3) is 5.53. The largest absolute Gasteiger partial charge is 0.371 e. The fourth-order valence-electron chi connectivity index (χ4n) is 2.92. The van der Waals surface area contributed by atoms with Crippen LogP contribution in [0.4, 0.5) is 5.69 Å². The zero-order valence-electron chi connectivity index (χ0n) is 14.9. The fourth-order valence-corrected chi connectivity index (χ4v) is 3.11. The molecule has 142 valence electrons. The van der Waals surface area contributed by atoms with Crippen LogP contribution in [0.5, 0.6) is 0 Å². The Labute approximate surface area is 163 Å². The van der Waals surface area contributed by atoms with Gasteiger partial charge in [0.25, 0.3) is 0 Å². The molecule has 1 atom stereocenters. The van der Waals surface area contributed by atoms with Crippen LogP contribution < -0.4 is 10.6 Å². The van der Waals surface area contributed by atoms with Crippen molar-refractivity contribution in [2.75, 3.05) is 38.1 Å². The third-order valence-corrected chi connectivity index (χ3v) is 4.69. The molecule has 0 unspecified atom stereocenters. The smallest absolute Gasteiger partial charge is 0.313 e. The summed E-state index contributed by atoms with van der Waals surface area (Å²) in [6.07, 6.45) is 0.0270. The number of hydrogen-bond donors (Lipinski definition) is 2. The van der Waals surface area contributed by atoms with Gasteiger partial charge in [-0.3, -0.25) is 14.5 Å². The number of nitrogens with zero attached hydrogens (tertiary/aromatic N) is 1. The van der Waals surface area contributed by atoms with E-state index in [-0.39, 0.29) is 6.10 Å². The lowest BCUT2D eigenvalue weighted by Crippen LogP contribution is -2.44. The number of carbonyl (C=O) groups is 2. The molecular weight excluding hydrogens is 366 g/mol. The number of carbonyl (C=O) groups excluding carboxylic acids is 2. The Morgan fingerprint density at radius 2 is 1.81 bits per heavy atom. The number of para-hydroxylation sites is 1. The first-order chi connectivity index (χ1) is 13.1. The Bertz CT molecular complexity index is 785. The van der Waals surface area contributed by atoms with E-state index < -0.39 is 11.8 Å². The third-order valence-electron chi connectivity index (χ3n) is 4.36. The highest BCUT2D eigenvalue weighted by Gasteiger charge is 2.22. The van der Waals surface area contributed by atoms with Crippen molar-refractivity contribution in [3.8, 4) is 0 Å². The minimum absolute atomic E-state index is 0.0270. The second kappa shape index (κ2) is 9.50. The highest BCUT2D eigenvalue weighted by molar-refractivity contribution is 6.41. The first kappa shape index (κ1) is 19.4. The quantitative estimate of drug-likeness (QED) is 0.773. The number of anilines is 1. The van der Waals surface area contributed by atoms with Crippen molar-refractivity contribution in [2.24, 2.45) is 0 Å². The molecule has 3 rings (SSSR count). The molecule has 1 saturated heterocycles. The SMILES string of the molecule is O=C(NCCN1CCO[C@H](c2ccccc2)C1)C(=O)Nc1ccccc1Cl. The summed E-state index contributed by atoms with van der Waals surface area (Å²) in [7, 11) is 0. The number of rotatable bonds is 5. The van der Waals surface area contributed by atoms with Gasteiger partial charge in [0.15, 0.2) is 0 Å². The van der Waals surface area contributed by atoms with Gasteiger partial charge in [-0.05, 0) is 17.7 Å². The lowest BCUT2D eigenvalue weighted by atomic mass is 10.1. The van der Waals surface area contributed by atoms with Crippen molar-refractivity contribution in [3.05, 3.63) is 65.2 Å². The number of benzene rings is 2. The molecular formula is C20H22ClN3O3. The predicted molar refractivity (Wildman–Crippen MR) is 105 cm³/mol. The maximum Gasteiger partial charge on any atom is 0.313 e. The van der Waals surface area contributed by atoms with Gasteiger partial charge in [-0.2, -0.15) is 0 Å². The van der Waals surface area contributed by atoms with Gasteiger partial charge >= 0.3 is 11.8 Å². The zero-order valence-corrected chi connectivity index (χ0v) is 15.6. The van der Waals surface area contributed by atoms with Crippen molar-refractivity contribution < 1.29 is 14.3 Å². The van der Waals surface area contributed by atoms with Gasteiger partial charge in [0.05, 0.1) is 23.4 Å². The first-order valence-corrected chi connectivity index (χ1v) is 9.24. The minimum atomic E-state index is -0.729. The maximum absolute atomic E-state index is 12.0. The van der Waals surface area contributed by atoms with Gasteiger partial charge in [-0.25, -0.2) is 0 Å². The summed E-state index contributed by atoms with van der Waals surface area (Å²) in [5.74, 6) is -1.41. The van der Waals surface area contributed by atoms with Crippen LogP contribution in [0.2, 0.25) is 5.02 Å². The van der Waals surface area contributed by atoms with Crippen LogP contribution in [0, 0.1) is 0 Å². The van der Waals surface area contributed by atoms with E-state index in [0.29, 0.717) is 30.4 Å². The van der Waals surface area contributed by atoms with Crippen LogP contribution in [-0.2, 0) is 14.3 Å². The molecule has 0 bridgehead atoms. The minimum Gasteiger partial charge on any atom is -0.371 e. The van der Waals surface area contributed by atoms with Crippen LogP contribution in [0.15, 0.2) is 54.6 Å². The molecule has 2 N–H and O–H groups in total. The van der Waals surface area contributed by atoms with Crippen LogP contribution in [-0.4, -0.2) is 49.5 Å². The van der Waals surface area contributed by atoms with Gasteiger partial charge in [-0.1, -0.05) is 54.1 Å². The van der Waals surface area contributed by atoms with Crippen LogP contribution >= 0.6 is 11.6 Å². The molecule has 1 fully saturated rings. The number of ether oxygens (including phenoxy) is 1. The standard InChI is InChI=1S/C20H22ClN3O3/c21-16-8-4-5-9-17(16)23-20(26)19(25)22-10-11-24-12-13-27-18(14-24)15-6-2-1-3-7-15/h1-9,18H,10-14H2,(H,22,25)(H,23,26)/t18-/m0/s1. The molecule has 2 amide bonds. The molecule has 1 aliphatic rings. The number of hydrogen-bond acceptors (Lipinski definition) is 4. The van der Waals surface area contributed by atoms with Gasteiger partial charge in [-0.15, -0.1) is 0 Å². The van der Waals surface area contributed by atoms with E-state index >= 15 is 0 Å². The highest BCUT2D eigenvalue weighted by atomic mass is 35.5. The average molecular weight is 388 g/mol. The van der Waals surface area contributed by atoms with Crippen molar-refractivity contribution in [3.63, 3.8) is 0 Å². The highest BCUT2D eigenvalue weighted by Crippen LogP contribution is 2.22. The van der Waals surface area contributed by atoms with E-state index in [0.717, 1.165) is 18.7 Å². The first-order valence-electron chi connectivity index (χ1n) is 8.86. The van der Waals surface area contributed by atoms with Crippen LogP contribution in [0.25, 0.3) is 0 Å². The molecule has 2 aromatic carbocycles.